The highest BCUT2D eigenvalue weighted by atomic mass is 16.4. The summed E-state index contributed by atoms with van der Waals surface area (Å²) in [5.74, 6) is -1.39. The van der Waals surface area contributed by atoms with Crippen LogP contribution in [0, 0.1) is 17.2 Å². The van der Waals surface area contributed by atoms with Crippen LogP contribution in [0.25, 0.3) is 0 Å². The second kappa shape index (κ2) is 6.27. The molecule has 21 heavy (non-hydrogen) atoms. The van der Waals surface area contributed by atoms with Gasteiger partial charge in [0.2, 0.25) is 0 Å². The first-order valence-electron chi connectivity index (χ1n) is 6.80. The average molecular weight is 287 g/mol. The highest BCUT2D eigenvalue weighted by Crippen LogP contribution is 2.26. The van der Waals surface area contributed by atoms with Crippen molar-refractivity contribution in [1.29, 1.82) is 5.26 Å². The van der Waals surface area contributed by atoms with Crippen molar-refractivity contribution in [2.45, 2.75) is 25.3 Å². The zero-order chi connectivity index (χ0) is 15.4. The van der Waals surface area contributed by atoms with E-state index in [2.05, 4.69) is 5.32 Å². The second-order valence-corrected chi connectivity index (χ2v) is 5.15. The van der Waals surface area contributed by atoms with Gasteiger partial charge in [0.1, 0.15) is 0 Å². The van der Waals surface area contributed by atoms with E-state index in [1.807, 2.05) is 6.07 Å². The second-order valence-electron chi connectivity index (χ2n) is 5.15. The minimum atomic E-state index is -0.869. The molecule has 1 fully saturated rings. The smallest absolute Gasteiger partial charge is 0.321 e. The predicted octanol–water partition coefficient (Wildman–Crippen LogP) is 1.96. The van der Waals surface area contributed by atoms with E-state index >= 15 is 0 Å². The Balaban J connectivity index is 2.06. The maximum atomic E-state index is 12.2. The number of carboxylic acids is 1. The third-order valence-corrected chi connectivity index (χ3v) is 3.81. The van der Waals surface area contributed by atoms with Crippen molar-refractivity contribution in [2.75, 3.05) is 11.9 Å². The summed E-state index contributed by atoms with van der Waals surface area (Å²) in [4.78, 5) is 24.7. The first-order chi connectivity index (χ1) is 10.0. The molecule has 1 aromatic rings. The third kappa shape index (κ3) is 3.31. The topological polar surface area (TPSA) is 93.4 Å². The zero-order valence-electron chi connectivity index (χ0n) is 11.7. The Hall–Kier alpha value is -2.55. The standard InChI is InChI=1S/C15H17N3O3/c1-18(11-5-2-4-10(8-11)9-16)15(21)17-13-7-3-6-12(13)14(19)20/h2,4-5,8,12-13H,3,6-7H2,1H3,(H,17,21)(H,19,20). The molecule has 1 aromatic carbocycles. The molecule has 1 aliphatic carbocycles. The fourth-order valence-electron chi connectivity index (χ4n) is 2.59. The monoisotopic (exact) mass is 287 g/mol. The van der Waals surface area contributed by atoms with Crippen molar-refractivity contribution in [2.24, 2.45) is 5.92 Å². The Morgan fingerprint density at radius 1 is 1.43 bits per heavy atom. The van der Waals surface area contributed by atoms with Crippen LogP contribution in [0.3, 0.4) is 0 Å². The summed E-state index contributed by atoms with van der Waals surface area (Å²) >= 11 is 0. The Morgan fingerprint density at radius 3 is 2.86 bits per heavy atom. The van der Waals surface area contributed by atoms with Crippen LogP contribution in [0.5, 0.6) is 0 Å². The van der Waals surface area contributed by atoms with E-state index in [9.17, 15) is 9.59 Å². The molecule has 2 unspecified atom stereocenters. The molecule has 1 saturated carbocycles. The van der Waals surface area contributed by atoms with Gasteiger partial charge in [-0.1, -0.05) is 12.5 Å². The Morgan fingerprint density at radius 2 is 2.19 bits per heavy atom. The number of carbonyl (C=O) groups is 2. The fraction of sp³-hybridized carbons (Fsp3) is 0.400. The maximum Gasteiger partial charge on any atom is 0.321 e. The molecule has 2 rings (SSSR count). The predicted molar refractivity (Wildman–Crippen MR) is 76.9 cm³/mol. The molecule has 1 aliphatic rings. The largest absolute Gasteiger partial charge is 0.481 e. The summed E-state index contributed by atoms with van der Waals surface area (Å²) in [5, 5.41) is 20.8. The van der Waals surface area contributed by atoms with Crippen molar-refractivity contribution in [3.63, 3.8) is 0 Å². The minimum absolute atomic E-state index is 0.336. The van der Waals surface area contributed by atoms with E-state index in [1.54, 1.807) is 31.3 Å². The molecule has 0 bridgehead atoms. The Labute approximate surface area is 123 Å². The molecule has 0 aromatic heterocycles. The highest BCUT2D eigenvalue weighted by molar-refractivity contribution is 5.92. The first-order valence-corrected chi connectivity index (χ1v) is 6.80. The van der Waals surface area contributed by atoms with Gasteiger partial charge in [-0.25, -0.2) is 4.79 Å². The first kappa shape index (κ1) is 14.9. The average Bonchev–Trinajstić information content (AvgIpc) is 2.94. The van der Waals surface area contributed by atoms with Gasteiger partial charge < -0.3 is 10.4 Å². The number of anilines is 1. The van der Waals surface area contributed by atoms with Crippen LogP contribution in [-0.4, -0.2) is 30.2 Å². The minimum Gasteiger partial charge on any atom is -0.481 e. The van der Waals surface area contributed by atoms with Crippen molar-refractivity contribution < 1.29 is 14.7 Å². The number of urea groups is 1. The molecule has 2 atom stereocenters. The molecule has 0 saturated heterocycles. The lowest BCUT2D eigenvalue weighted by molar-refractivity contribution is -0.142. The van der Waals surface area contributed by atoms with Crippen LogP contribution >= 0.6 is 0 Å². The number of nitriles is 1. The molecule has 0 heterocycles. The van der Waals surface area contributed by atoms with E-state index in [-0.39, 0.29) is 12.1 Å². The van der Waals surface area contributed by atoms with E-state index in [0.717, 1.165) is 6.42 Å². The zero-order valence-corrected chi connectivity index (χ0v) is 11.7. The lowest BCUT2D eigenvalue weighted by atomic mass is 10.0. The summed E-state index contributed by atoms with van der Waals surface area (Å²) in [6, 6.07) is 8.03. The van der Waals surface area contributed by atoms with E-state index in [0.29, 0.717) is 24.1 Å². The van der Waals surface area contributed by atoms with Gasteiger partial charge in [-0.15, -0.1) is 0 Å². The number of carbonyl (C=O) groups excluding carboxylic acids is 1. The molecule has 2 amide bonds. The number of nitrogens with zero attached hydrogens (tertiary/aromatic N) is 2. The normalized spacial score (nSPS) is 20.6. The van der Waals surface area contributed by atoms with Crippen molar-refractivity contribution >= 4 is 17.7 Å². The number of carboxylic acid groups (broad SMARTS) is 1. The van der Waals surface area contributed by atoms with Crippen LogP contribution in [0.2, 0.25) is 0 Å². The van der Waals surface area contributed by atoms with Gasteiger partial charge in [0, 0.05) is 18.8 Å². The van der Waals surface area contributed by atoms with Crippen molar-refractivity contribution in [1.82, 2.24) is 5.32 Å². The van der Waals surface area contributed by atoms with Gasteiger partial charge in [-0.05, 0) is 31.0 Å². The lowest BCUT2D eigenvalue weighted by Crippen LogP contribution is -2.46. The van der Waals surface area contributed by atoms with Gasteiger partial charge in [0.25, 0.3) is 0 Å². The van der Waals surface area contributed by atoms with Crippen LogP contribution in [-0.2, 0) is 4.79 Å². The van der Waals surface area contributed by atoms with Gasteiger partial charge >= 0.3 is 12.0 Å². The van der Waals surface area contributed by atoms with Gasteiger partial charge in [0.05, 0.1) is 17.6 Å². The van der Waals surface area contributed by atoms with E-state index < -0.39 is 11.9 Å². The number of aliphatic carboxylic acids is 1. The lowest BCUT2D eigenvalue weighted by Gasteiger charge is -2.23. The molecule has 0 aliphatic heterocycles. The molecule has 6 heteroatoms. The van der Waals surface area contributed by atoms with Crippen molar-refractivity contribution in [3.8, 4) is 6.07 Å². The Bertz CT molecular complexity index is 594. The number of hydrogen-bond donors (Lipinski definition) is 2. The van der Waals surface area contributed by atoms with Gasteiger partial charge in [-0.3, -0.25) is 9.69 Å². The number of amides is 2. The summed E-state index contributed by atoms with van der Waals surface area (Å²) < 4.78 is 0. The fourth-order valence-corrected chi connectivity index (χ4v) is 2.59. The number of nitrogens with one attached hydrogen (secondary N) is 1. The van der Waals surface area contributed by atoms with E-state index in [1.165, 1.54) is 4.90 Å². The molecule has 0 radical (unpaired) electrons. The number of hydrogen-bond acceptors (Lipinski definition) is 3. The summed E-state index contributed by atoms with van der Waals surface area (Å²) in [7, 11) is 1.59. The molecular weight excluding hydrogens is 270 g/mol. The van der Waals surface area contributed by atoms with Crippen LogP contribution < -0.4 is 10.2 Å². The van der Waals surface area contributed by atoms with Crippen LogP contribution in [0.15, 0.2) is 24.3 Å². The molecule has 6 nitrogen and oxygen atoms in total. The third-order valence-electron chi connectivity index (χ3n) is 3.81. The van der Waals surface area contributed by atoms with Crippen molar-refractivity contribution in [3.05, 3.63) is 29.8 Å². The quantitative estimate of drug-likeness (QED) is 0.888. The van der Waals surface area contributed by atoms with E-state index in [4.69, 9.17) is 10.4 Å². The Kier molecular flexibility index (Phi) is 4.43. The van der Waals surface area contributed by atoms with Crippen LogP contribution in [0.4, 0.5) is 10.5 Å². The summed E-state index contributed by atoms with van der Waals surface area (Å²) in [6.45, 7) is 0. The number of rotatable bonds is 3. The molecule has 110 valence electrons. The summed E-state index contributed by atoms with van der Waals surface area (Å²) in [6.07, 6.45) is 2.07. The SMILES string of the molecule is CN(C(=O)NC1CCCC1C(=O)O)c1cccc(C#N)c1. The maximum absolute atomic E-state index is 12.2. The van der Waals surface area contributed by atoms with Crippen LogP contribution in [0.1, 0.15) is 24.8 Å². The number of benzene rings is 1. The summed E-state index contributed by atoms with van der Waals surface area (Å²) in [5.41, 5.74) is 1.06. The molecule has 0 spiro atoms. The molecule has 2 N–H and O–H groups in total. The van der Waals surface area contributed by atoms with Gasteiger partial charge in [-0.2, -0.15) is 5.26 Å². The van der Waals surface area contributed by atoms with Gasteiger partial charge in [0.15, 0.2) is 0 Å². The molecular formula is C15H17N3O3. The highest BCUT2D eigenvalue weighted by Gasteiger charge is 2.34.